The van der Waals surface area contributed by atoms with Crippen LogP contribution in [-0.4, -0.2) is 64.6 Å². The predicted octanol–water partition coefficient (Wildman–Crippen LogP) is 2.31. The molecule has 1 aromatic carbocycles. The standard InChI is InChI=1S/C20H22N6O3/c1-3-29-20(28)26-9-7-25(8-10-26)19(27)17-12-18(23-14(2)22-17)24-16-6-4-5-15(11-16)13-21/h4-6,11-12H,3,7-10H2,1-2H3,(H,22,23,24). The van der Waals surface area contributed by atoms with Gasteiger partial charge in [-0.2, -0.15) is 5.26 Å². The zero-order valence-electron chi connectivity index (χ0n) is 16.4. The number of nitrogens with zero attached hydrogens (tertiary/aromatic N) is 5. The summed E-state index contributed by atoms with van der Waals surface area (Å²) in [6.07, 6.45) is -0.358. The Bertz CT molecular complexity index is 947. The van der Waals surface area contributed by atoms with Crippen molar-refractivity contribution in [3.8, 4) is 6.07 Å². The van der Waals surface area contributed by atoms with E-state index < -0.39 is 0 Å². The van der Waals surface area contributed by atoms with Gasteiger partial charge in [-0.15, -0.1) is 0 Å². The number of nitriles is 1. The number of ether oxygens (including phenoxy) is 1. The molecule has 9 heteroatoms. The first-order valence-corrected chi connectivity index (χ1v) is 9.34. The van der Waals surface area contributed by atoms with Crippen molar-refractivity contribution in [3.05, 3.63) is 47.4 Å². The Labute approximate surface area is 168 Å². The number of anilines is 2. The molecule has 0 saturated carbocycles. The minimum absolute atomic E-state index is 0.215. The summed E-state index contributed by atoms with van der Waals surface area (Å²) in [7, 11) is 0. The normalized spacial score (nSPS) is 13.6. The van der Waals surface area contributed by atoms with Crippen molar-refractivity contribution < 1.29 is 14.3 Å². The number of piperazine rings is 1. The second kappa shape index (κ2) is 9.01. The van der Waals surface area contributed by atoms with E-state index in [0.717, 1.165) is 0 Å². The largest absolute Gasteiger partial charge is 0.450 e. The Morgan fingerprint density at radius 2 is 1.90 bits per heavy atom. The smallest absolute Gasteiger partial charge is 0.409 e. The van der Waals surface area contributed by atoms with E-state index in [2.05, 4.69) is 21.4 Å². The average Bonchev–Trinajstić information content (AvgIpc) is 2.73. The number of aryl methyl sites for hydroxylation is 1. The number of aromatic nitrogens is 2. The highest BCUT2D eigenvalue weighted by molar-refractivity contribution is 5.93. The van der Waals surface area contributed by atoms with E-state index in [1.807, 2.05) is 6.07 Å². The van der Waals surface area contributed by atoms with Gasteiger partial charge in [0.25, 0.3) is 5.91 Å². The van der Waals surface area contributed by atoms with Crippen molar-refractivity contribution in [2.75, 3.05) is 38.1 Å². The van der Waals surface area contributed by atoms with Gasteiger partial charge < -0.3 is 19.9 Å². The monoisotopic (exact) mass is 394 g/mol. The first kappa shape index (κ1) is 20.1. The summed E-state index contributed by atoms with van der Waals surface area (Å²) in [6, 6.07) is 10.7. The molecule has 1 aliphatic rings. The van der Waals surface area contributed by atoms with Crippen LogP contribution in [0.5, 0.6) is 0 Å². The van der Waals surface area contributed by atoms with Crippen LogP contribution in [0.1, 0.15) is 28.8 Å². The molecule has 1 aromatic heterocycles. The summed E-state index contributed by atoms with van der Waals surface area (Å²) in [5.41, 5.74) is 1.50. The number of nitrogens with one attached hydrogen (secondary N) is 1. The summed E-state index contributed by atoms with van der Waals surface area (Å²) in [6.45, 7) is 5.46. The van der Waals surface area contributed by atoms with Crippen LogP contribution in [0.4, 0.5) is 16.3 Å². The van der Waals surface area contributed by atoms with Crippen LogP contribution in [0.3, 0.4) is 0 Å². The molecule has 1 saturated heterocycles. The first-order valence-electron chi connectivity index (χ1n) is 9.34. The zero-order valence-corrected chi connectivity index (χ0v) is 16.4. The molecule has 1 fully saturated rings. The van der Waals surface area contributed by atoms with Crippen molar-refractivity contribution in [1.82, 2.24) is 19.8 Å². The molecule has 2 heterocycles. The number of carbonyl (C=O) groups excluding carboxylic acids is 2. The molecule has 0 atom stereocenters. The van der Waals surface area contributed by atoms with Gasteiger partial charge in [0.05, 0.1) is 18.2 Å². The van der Waals surface area contributed by atoms with Gasteiger partial charge in [0.2, 0.25) is 0 Å². The Kier molecular flexibility index (Phi) is 6.24. The SMILES string of the molecule is CCOC(=O)N1CCN(C(=O)c2cc(Nc3cccc(C#N)c3)nc(C)n2)CC1. The van der Waals surface area contributed by atoms with E-state index in [9.17, 15) is 9.59 Å². The van der Waals surface area contributed by atoms with Crippen LogP contribution in [-0.2, 0) is 4.74 Å². The number of rotatable bonds is 4. The van der Waals surface area contributed by atoms with Crippen molar-refractivity contribution in [3.63, 3.8) is 0 Å². The third kappa shape index (κ3) is 4.99. The summed E-state index contributed by atoms with van der Waals surface area (Å²) in [5.74, 6) is 0.717. The molecule has 0 spiro atoms. The molecule has 0 aliphatic carbocycles. The van der Waals surface area contributed by atoms with Crippen molar-refractivity contribution in [1.29, 1.82) is 5.26 Å². The molecule has 9 nitrogen and oxygen atoms in total. The van der Waals surface area contributed by atoms with Crippen molar-refractivity contribution in [2.24, 2.45) is 0 Å². The van der Waals surface area contributed by atoms with Gasteiger partial charge in [-0.3, -0.25) is 4.79 Å². The minimum atomic E-state index is -0.358. The molecule has 0 unspecified atom stereocenters. The van der Waals surface area contributed by atoms with Gasteiger partial charge in [0.1, 0.15) is 17.3 Å². The minimum Gasteiger partial charge on any atom is -0.450 e. The highest BCUT2D eigenvalue weighted by atomic mass is 16.6. The van der Waals surface area contributed by atoms with Gasteiger partial charge in [-0.1, -0.05) is 6.07 Å². The fourth-order valence-electron chi connectivity index (χ4n) is 3.02. The Morgan fingerprint density at radius 3 is 2.59 bits per heavy atom. The summed E-state index contributed by atoms with van der Waals surface area (Å²) in [4.78, 5) is 36.5. The number of carbonyl (C=O) groups is 2. The summed E-state index contributed by atoms with van der Waals surface area (Å²) < 4.78 is 5.00. The second-order valence-electron chi connectivity index (χ2n) is 6.48. The van der Waals surface area contributed by atoms with Crippen LogP contribution >= 0.6 is 0 Å². The van der Waals surface area contributed by atoms with E-state index in [-0.39, 0.29) is 17.7 Å². The third-order valence-corrected chi connectivity index (χ3v) is 4.41. The first-order chi connectivity index (χ1) is 14.0. The molecule has 0 bridgehead atoms. The van der Waals surface area contributed by atoms with Gasteiger partial charge in [0, 0.05) is 37.9 Å². The van der Waals surface area contributed by atoms with Crippen molar-refractivity contribution >= 4 is 23.5 Å². The third-order valence-electron chi connectivity index (χ3n) is 4.41. The second-order valence-corrected chi connectivity index (χ2v) is 6.48. The van der Waals surface area contributed by atoms with E-state index >= 15 is 0 Å². The van der Waals surface area contributed by atoms with Gasteiger partial charge in [-0.25, -0.2) is 14.8 Å². The molecular weight excluding hydrogens is 372 g/mol. The van der Waals surface area contributed by atoms with Crippen LogP contribution in [0.2, 0.25) is 0 Å². The molecule has 1 aliphatic heterocycles. The Hall–Kier alpha value is -3.67. The fraction of sp³-hybridized carbons (Fsp3) is 0.350. The maximum absolute atomic E-state index is 12.9. The van der Waals surface area contributed by atoms with Crippen LogP contribution in [0.15, 0.2) is 30.3 Å². The fourth-order valence-corrected chi connectivity index (χ4v) is 3.02. The Balaban J connectivity index is 1.70. The Morgan fingerprint density at radius 1 is 1.17 bits per heavy atom. The molecule has 2 amide bonds. The zero-order chi connectivity index (χ0) is 20.8. The number of amides is 2. The van der Waals surface area contributed by atoms with Crippen LogP contribution < -0.4 is 5.32 Å². The quantitative estimate of drug-likeness (QED) is 0.847. The van der Waals surface area contributed by atoms with E-state index in [0.29, 0.717) is 55.7 Å². The maximum atomic E-state index is 12.9. The van der Waals surface area contributed by atoms with Crippen LogP contribution in [0.25, 0.3) is 0 Å². The lowest BCUT2D eigenvalue weighted by Gasteiger charge is -2.33. The molecule has 3 rings (SSSR count). The lowest BCUT2D eigenvalue weighted by Crippen LogP contribution is -2.50. The van der Waals surface area contributed by atoms with Gasteiger partial charge in [-0.05, 0) is 32.0 Å². The predicted molar refractivity (Wildman–Crippen MR) is 106 cm³/mol. The maximum Gasteiger partial charge on any atom is 0.409 e. The summed E-state index contributed by atoms with van der Waals surface area (Å²) >= 11 is 0. The molecule has 1 N–H and O–H groups in total. The molecule has 0 radical (unpaired) electrons. The average molecular weight is 394 g/mol. The van der Waals surface area contributed by atoms with E-state index in [1.165, 1.54) is 0 Å². The topological polar surface area (TPSA) is 111 Å². The van der Waals surface area contributed by atoms with Gasteiger partial charge >= 0.3 is 6.09 Å². The number of hydrogen-bond acceptors (Lipinski definition) is 7. The van der Waals surface area contributed by atoms with E-state index in [4.69, 9.17) is 10.00 Å². The highest BCUT2D eigenvalue weighted by Gasteiger charge is 2.26. The molecule has 29 heavy (non-hydrogen) atoms. The highest BCUT2D eigenvalue weighted by Crippen LogP contribution is 2.18. The van der Waals surface area contributed by atoms with Gasteiger partial charge in [0.15, 0.2) is 0 Å². The molecule has 150 valence electrons. The lowest BCUT2D eigenvalue weighted by molar-refractivity contribution is 0.0565. The van der Waals surface area contributed by atoms with Crippen molar-refractivity contribution in [2.45, 2.75) is 13.8 Å². The van der Waals surface area contributed by atoms with Crippen LogP contribution in [0, 0.1) is 18.3 Å². The number of benzene rings is 1. The summed E-state index contributed by atoms with van der Waals surface area (Å²) in [5, 5.41) is 12.1. The van der Waals surface area contributed by atoms with E-state index in [1.54, 1.807) is 47.9 Å². The number of hydrogen-bond donors (Lipinski definition) is 1. The lowest BCUT2D eigenvalue weighted by atomic mass is 10.2. The molecule has 2 aromatic rings. The molecular formula is C20H22N6O3.